The number of amides is 2. The minimum absolute atomic E-state index is 0.110. The van der Waals surface area contributed by atoms with Gasteiger partial charge >= 0.3 is 0 Å². The normalized spacial score (nSPS) is 16.6. The molecule has 9 heteroatoms. The number of hydrogen-bond donors (Lipinski definition) is 1. The van der Waals surface area contributed by atoms with E-state index in [0.717, 1.165) is 27.7 Å². The van der Waals surface area contributed by atoms with Crippen molar-refractivity contribution in [3.05, 3.63) is 64.8 Å². The SMILES string of the molecule is Cc1cc(C)c2nc(-n3nc(C)cc3NC(=O)C3CC(=O)N(c4ccc5c(c4)OCO5)C3)cc(C)c2c1. The average molecular weight is 498 g/mol. The van der Waals surface area contributed by atoms with Crippen molar-refractivity contribution in [1.82, 2.24) is 14.8 Å². The van der Waals surface area contributed by atoms with Crippen LogP contribution >= 0.6 is 0 Å². The summed E-state index contributed by atoms with van der Waals surface area (Å²) >= 11 is 0. The predicted octanol–water partition coefficient (Wildman–Crippen LogP) is 4.37. The standard InChI is InChI=1S/C28H27N5O4/c1-15-7-17(3)27-21(8-15)16(2)9-24(29-27)33-25(10-18(4)31-33)30-28(35)19-11-26(34)32(13-19)20-5-6-22-23(12-20)37-14-36-22/h5-10,12,19H,11,13-14H2,1-4H3,(H,30,35). The third kappa shape index (κ3) is 4.06. The summed E-state index contributed by atoms with van der Waals surface area (Å²) in [5.41, 5.74) is 5.70. The van der Waals surface area contributed by atoms with Crippen LogP contribution in [0.25, 0.3) is 16.7 Å². The number of fused-ring (bicyclic) bond motifs is 2. The van der Waals surface area contributed by atoms with Crippen molar-refractivity contribution in [1.29, 1.82) is 0 Å². The van der Waals surface area contributed by atoms with E-state index in [1.54, 1.807) is 27.8 Å². The highest BCUT2D eigenvalue weighted by atomic mass is 16.7. The minimum Gasteiger partial charge on any atom is -0.454 e. The third-order valence-corrected chi connectivity index (χ3v) is 6.91. The molecular weight excluding hydrogens is 470 g/mol. The molecule has 37 heavy (non-hydrogen) atoms. The molecule has 0 bridgehead atoms. The first-order chi connectivity index (χ1) is 17.8. The van der Waals surface area contributed by atoms with Crippen molar-refractivity contribution in [3.8, 4) is 17.3 Å². The monoisotopic (exact) mass is 497 g/mol. The molecule has 4 heterocycles. The number of rotatable bonds is 4. The number of ether oxygens (including phenoxy) is 2. The molecule has 6 rings (SSSR count). The molecule has 9 nitrogen and oxygen atoms in total. The summed E-state index contributed by atoms with van der Waals surface area (Å²) < 4.78 is 12.5. The Kier molecular flexibility index (Phi) is 5.36. The molecule has 2 amide bonds. The second kappa shape index (κ2) is 8.62. The van der Waals surface area contributed by atoms with E-state index in [9.17, 15) is 9.59 Å². The van der Waals surface area contributed by atoms with Gasteiger partial charge in [-0.3, -0.25) is 9.59 Å². The lowest BCUT2D eigenvalue weighted by atomic mass is 10.0. The Balaban J connectivity index is 1.26. The van der Waals surface area contributed by atoms with Gasteiger partial charge in [0.05, 0.1) is 17.1 Å². The van der Waals surface area contributed by atoms with Gasteiger partial charge in [0.2, 0.25) is 18.6 Å². The van der Waals surface area contributed by atoms with Gasteiger partial charge in [0.25, 0.3) is 0 Å². The second-order valence-corrected chi connectivity index (χ2v) is 9.79. The molecule has 1 saturated heterocycles. The molecule has 4 aromatic rings. The molecule has 1 N–H and O–H groups in total. The third-order valence-electron chi connectivity index (χ3n) is 6.91. The summed E-state index contributed by atoms with van der Waals surface area (Å²) in [5.74, 6) is 1.55. The molecule has 2 aliphatic rings. The van der Waals surface area contributed by atoms with Gasteiger partial charge in [-0.2, -0.15) is 9.78 Å². The fourth-order valence-corrected chi connectivity index (χ4v) is 5.11. The number of aryl methyl sites for hydroxylation is 4. The number of carbonyl (C=O) groups is 2. The van der Waals surface area contributed by atoms with Crippen molar-refractivity contribution in [2.75, 3.05) is 23.6 Å². The maximum absolute atomic E-state index is 13.3. The molecule has 0 radical (unpaired) electrons. The number of hydrogen-bond acceptors (Lipinski definition) is 6. The summed E-state index contributed by atoms with van der Waals surface area (Å²) in [6.07, 6.45) is 0.124. The Morgan fingerprint density at radius 3 is 2.65 bits per heavy atom. The molecule has 0 aliphatic carbocycles. The Morgan fingerprint density at radius 1 is 1.00 bits per heavy atom. The quantitative estimate of drug-likeness (QED) is 0.450. The van der Waals surface area contributed by atoms with Crippen molar-refractivity contribution in [2.24, 2.45) is 5.92 Å². The summed E-state index contributed by atoms with van der Waals surface area (Å²) in [6, 6.07) is 13.4. The Bertz CT molecular complexity index is 1590. The van der Waals surface area contributed by atoms with Gasteiger partial charge in [0, 0.05) is 36.2 Å². The fourth-order valence-electron chi connectivity index (χ4n) is 5.11. The smallest absolute Gasteiger partial charge is 0.231 e. The van der Waals surface area contributed by atoms with Crippen molar-refractivity contribution < 1.29 is 19.1 Å². The number of pyridine rings is 1. The fraction of sp³-hybridized carbons (Fsp3) is 0.286. The first-order valence-electron chi connectivity index (χ1n) is 12.2. The zero-order chi connectivity index (χ0) is 25.8. The van der Waals surface area contributed by atoms with Crippen LogP contribution in [0.1, 0.15) is 28.8 Å². The van der Waals surface area contributed by atoms with Crippen molar-refractivity contribution in [3.63, 3.8) is 0 Å². The zero-order valence-electron chi connectivity index (χ0n) is 21.2. The van der Waals surface area contributed by atoms with Gasteiger partial charge in [-0.1, -0.05) is 11.6 Å². The zero-order valence-corrected chi connectivity index (χ0v) is 21.2. The molecule has 188 valence electrons. The lowest BCUT2D eigenvalue weighted by molar-refractivity contribution is -0.122. The molecule has 2 aromatic heterocycles. The topological polar surface area (TPSA) is 98.6 Å². The van der Waals surface area contributed by atoms with Crippen LogP contribution < -0.4 is 19.7 Å². The van der Waals surface area contributed by atoms with Gasteiger partial charge in [-0.15, -0.1) is 0 Å². The molecular formula is C28H27N5O4. The molecule has 0 spiro atoms. The Morgan fingerprint density at radius 2 is 1.81 bits per heavy atom. The highest BCUT2D eigenvalue weighted by Crippen LogP contribution is 2.37. The Hall–Kier alpha value is -4.40. The van der Waals surface area contributed by atoms with Crippen LogP contribution in [-0.2, 0) is 9.59 Å². The van der Waals surface area contributed by atoms with Crippen molar-refractivity contribution in [2.45, 2.75) is 34.1 Å². The van der Waals surface area contributed by atoms with E-state index in [1.807, 2.05) is 26.0 Å². The second-order valence-electron chi connectivity index (χ2n) is 9.79. The maximum atomic E-state index is 13.3. The van der Waals surface area contributed by atoms with Gasteiger partial charge in [-0.05, 0) is 63.1 Å². The number of anilines is 2. The van der Waals surface area contributed by atoms with E-state index in [1.165, 1.54) is 5.56 Å². The van der Waals surface area contributed by atoms with E-state index in [-0.39, 0.29) is 31.6 Å². The summed E-state index contributed by atoms with van der Waals surface area (Å²) in [5, 5.41) is 8.70. The number of nitrogens with zero attached hydrogens (tertiary/aromatic N) is 4. The molecule has 1 fully saturated rings. The number of nitrogens with one attached hydrogen (secondary N) is 1. The molecule has 2 aromatic carbocycles. The minimum atomic E-state index is -0.502. The summed E-state index contributed by atoms with van der Waals surface area (Å²) in [7, 11) is 0. The summed E-state index contributed by atoms with van der Waals surface area (Å²) in [4.78, 5) is 32.6. The maximum Gasteiger partial charge on any atom is 0.231 e. The van der Waals surface area contributed by atoms with Gasteiger partial charge in [0.15, 0.2) is 17.3 Å². The summed E-state index contributed by atoms with van der Waals surface area (Å²) in [6.45, 7) is 8.49. The van der Waals surface area contributed by atoms with Crippen LogP contribution in [-0.4, -0.2) is 39.9 Å². The highest BCUT2D eigenvalue weighted by Gasteiger charge is 2.36. The molecule has 2 aliphatic heterocycles. The van der Waals surface area contributed by atoms with E-state index < -0.39 is 5.92 Å². The van der Waals surface area contributed by atoms with Crippen molar-refractivity contribution >= 4 is 34.2 Å². The number of aromatic nitrogens is 3. The van der Waals surface area contributed by atoms with Crippen LogP contribution in [0.2, 0.25) is 0 Å². The molecule has 1 unspecified atom stereocenters. The van der Waals surface area contributed by atoms with Crippen LogP contribution in [0, 0.1) is 33.6 Å². The van der Waals surface area contributed by atoms with E-state index in [2.05, 4.69) is 36.4 Å². The van der Waals surface area contributed by atoms with Crippen LogP contribution in [0.3, 0.4) is 0 Å². The Labute approximate surface area is 214 Å². The highest BCUT2D eigenvalue weighted by molar-refractivity contribution is 6.03. The first-order valence-corrected chi connectivity index (χ1v) is 12.2. The van der Waals surface area contributed by atoms with Crippen LogP contribution in [0.5, 0.6) is 11.5 Å². The number of benzene rings is 2. The van der Waals surface area contributed by atoms with E-state index in [0.29, 0.717) is 28.8 Å². The lowest BCUT2D eigenvalue weighted by Gasteiger charge is -2.17. The number of carbonyl (C=O) groups excluding carboxylic acids is 2. The van der Waals surface area contributed by atoms with E-state index in [4.69, 9.17) is 14.5 Å². The predicted molar refractivity (Wildman–Crippen MR) is 139 cm³/mol. The average Bonchev–Trinajstić information content (AvgIpc) is 3.57. The van der Waals surface area contributed by atoms with Gasteiger partial charge < -0.3 is 19.7 Å². The molecule has 0 saturated carbocycles. The van der Waals surface area contributed by atoms with Gasteiger partial charge in [0.1, 0.15) is 5.82 Å². The first kappa shape index (κ1) is 23.0. The largest absolute Gasteiger partial charge is 0.454 e. The van der Waals surface area contributed by atoms with E-state index >= 15 is 0 Å². The lowest BCUT2D eigenvalue weighted by Crippen LogP contribution is -2.28. The molecule has 1 atom stereocenters. The van der Waals surface area contributed by atoms with Gasteiger partial charge in [-0.25, -0.2) is 4.98 Å². The van der Waals surface area contributed by atoms with Crippen LogP contribution in [0.15, 0.2) is 42.5 Å². The van der Waals surface area contributed by atoms with Crippen LogP contribution in [0.4, 0.5) is 11.5 Å².